The zero-order chi connectivity index (χ0) is 12.3. The zero-order valence-corrected chi connectivity index (χ0v) is 10.7. The van der Waals surface area contributed by atoms with Crippen molar-refractivity contribution in [3.63, 3.8) is 0 Å². The summed E-state index contributed by atoms with van der Waals surface area (Å²) in [7, 11) is 0. The normalized spacial score (nSPS) is 10.4. The molecule has 0 amide bonds. The van der Waals surface area contributed by atoms with Crippen molar-refractivity contribution in [1.82, 2.24) is 5.32 Å². The Morgan fingerprint density at radius 1 is 1.18 bits per heavy atom. The molecule has 2 nitrogen and oxygen atoms in total. The van der Waals surface area contributed by atoms with Crippen LogP contribution in [0.1, 0.15) is 24.5 Å². The number of hydrogen-bond acceptors (Lipinski definition) is 2. The fourth-order valence-corrected chi connectivity index (χ4v) is 1.60. The molecule has 0 bridgehead atoms. The lowest BCUT2D eigenvalue weighted by Gasteiger charge is -2.05. The first kappa shape index (κ1) is 13.9. The molecule has 0 aliphatic carbocycles. The Morgan fingerprint density at radius 3 is 2.53 bits per heavy atom. The highest BCUT2D eigenvalue weighted by Crippen LogP contribution is 2.06. The van der Waals surface area contributed by atoms with Gasteiger partial charge in [-0.2, -0.15) is 0 Å². The van der Waals surface area contributed by atoms with E-state index in [1.54, 1.807) is 6.08 Å². The first-order chi connectivity index (χ1) is 8.36. The van der Waals surface area contributed by atoms with E-state index in [1.807, 2.05) is 0 Å². The SMILES string of the molecule is C=CCOCc1ccc(CCNCCC)cc1. The number of rotatable bonds is 9. The van der Waals surface area contributed by atoms with Crippen LogP contribution in [0, 0.1) is 0 Å². The predicted molar refractivity (Wildman–Crippen MR) is 73.2 cm³/mol. The van der Waals surface area contributed by atoms with Crippen molar-refractivity contribution in [1.29, 1.82) is 0 Å². The van der Waals surface area contributed by atoms with E-state index in [0.29, 0.717) is 13.2 Å². The molecule has 0 saturated heterocycles. The van der Waals surface area contributed by atoms with Gasteiger partial charge in [0.25, 0.3) is 0 Å². The van der Waals surface area contributed by atoms with Crippen molar-refractivity contribution in [2.24, 2.45) is 0 Å². The van der Waals surface area contributed by atoms with Crippen molar-refractivity contribution >= 4 is 0 Å². The summed E-state index contributed by atoms with van der Waals surface area (Å²) >= 11 is 0. The second-order valence-corrected chi connectivity index (χ2v) is 4.12. The molecule has 2 heteroatoms. The smallest absolute Gasteiger partial charge is 0.0721 e. The Hall–Kier alpha value is -1.12. The molecule has 1 N–H and O–H groups in total. The first-order valence-corrected chi connectivity index (χ1v) is 6.34. The van der Waals surface area contributed by atoms with Gasteiger partial charge in [-0.25, -0.2) is 0 Å². The van der Waals surface area contributed by atoms with Crippen molar-refractivity contribution in [3.8, 4) is 0 Å². The summed E-state index contributed by atoms with van der Waals surface area (Å²) in [5.74, 6) is 0. The molecule has 1 aromatic rings. The van der Waals surface area contributed by atoms with E-state index in [9.17, 15) is 0 Å². The van der Waals surface area contributed by atoms with Gasteiger partial charge in [0.15, 0.2) is 0 Å². The van der Waals surface area contributed by atoms with Crippen molar-refractivity contribution in [2.75, 3.05) is 19.7 Å². The third kappa shape index (κ3) is 6.25. The molecule has 17 heavy (non-hydrogen) atoms. The van der Waals surface area contributed by atoms with E-state index >= 15 is 0 Å². The van der Waals surface area contributed by atoms with E-state index < -0.39 is 0 Å². The maximum Gasteiger partial charge on any atom is 0.0721 e. The Balaban J connectivity index is 2.26. The third-order valence-corrected chi connectivity index (χ3v) is 2.54. The summed E-state index contributed by atoms with van der Waals surface area (Å²) in [5.41, 5.74) is 2.60. The van der Waals surface area contributed by atoms with E-state index in [2.05, 4.69) is 43.1 Å². The highest BCUT2D eigenvalue weighted by atomic mass is 16.5. The molecule has 0 heterocycles. The van der Waals surface area contributed by atoms with Gasteiger partial charge in [0, 0.05) is 0 Å². The predicted octanol–water partition coefficient (Wildman–Crippen LogP) is 2.93. The van der Waals surface area contributed by atoms with Gasteiger partial charge in [-0.05, 0) is 37.1 Å². The number of nitrogens with one attached hydrogen (secondary N) is 1. The van der Waals surface area contributed by atoms with Crippen molar-refractivity contribution < 1.29 is 4.74 Å². The molecule has 0 aliphatic rings. The van der Waals surface area contributed by atoms with Gasteiger partial charge in [-0.1, -0.05) is 37.3 Å². The van der Waals surface area contributed by atoms with Gasteiger partial charge in [-0.15, -0.1) is 6.58 Å². The Labute approximate surface area is 105 Å². The van der Waals surface area contributed by atoms with Crippen LogP contribution < -0.4 is 5.32 Å². The highest BCUT2D eigenvalue weighted by molar-refractivity contribution is 5.22. The average Bonchev–Trinajstić information content (AvgIpc) is 2.37. The van der Waals surface area contributed by atoms with E-state index in [4.69, 9.17) is 4.74 Å². The molecule has 0 saturated carbocycles. The van der Waals surface area contributed by atoms with Crippen LogP contribution in [0.25, 0.3) is 0 Å². The fraction of sp³-hybridized carbons (Fsp3) is 0.467. The van der Waals surface area contributed by atoms with Gasteiger partial charge in [0.2, 0.25) is 0 Å². The van der Waals surface area contributed by atoms with Crippen LogP contribution >= 0.6 is 0 Å². The molecule has 0 fully saturated rings. The lowest BCUT2D eigenvalue weighted by molar-refractivity contribution is 0.149. The Bertz CT molecular complexity index is 305. The van der Waals surface area contributed by atoms with Crippen LogP contribution in [0.5, 0.6) is 0 Å². The van der Waals surface area contributed by atoms with Crippen LogP contribution in [0.4, 0.5) is 0 Å². The minimum absolute atomic E-state index is 0.614. The monoisotopic (exact) mass is 233 g/mol. The van der Waals surface area contributed by atoms with Crippen LogP contribution in [-0.4, -0.2) is 19.7 Å². The Kier molecular flexibility index (Phi) is 7.35. The third-order valence-electron chi connectivity index (χ3n) is 2.54. The number of benzene rings is 1. The summed E-state index contributed by atoms with van der Waals surface area (Å²) < 4.78 is 5.39. The number of hydrogen-bond donors (Lipinski definition) is 1. The molecule has 94 valence electrons. The molecule has 0 spiro atoms. The van der Waals surface area contributed by atoms with Gasteiger partial charge >= 0.3 is 0 Å². The maximum absolute atomic E-state index is 5.39. The maximum atomic E-state index is 5.39. The molecule has 0 aromatic heterocycles. The van der Waals surface area contributed by atoms with E-state index in [1.165, 1.54) is 17.5 Å². The summed E-state index contributed by atoms with van der Waals surface area (Å²) in [4.78, 5) is 0. The van der Waals surface area contributed by atoms with Gasteiger partial charge < -0.3 is 10.1 Å². The van der Waals surface area contributed by atoms with Crippen LogP contribution in [0.2, 0.25) is 0 Å². The molecular formula is C15H23NO. The minimum Gasteiger partial charge on any atom is -0.373 e. The lowest BCUT2D eigenvalue weighted by atomic mass is 10.1. The van der Waals surface area contributed by atoms with Crippen molar-refractivity contribution in [3.05, 3.63) is 48.0 Å². The molecule has 0 radical (unpaired) electrons. The topological polar surface area (TPSA) is 21.3 Å². The van der Waals surface area contributed by atoms with E-state index in [-0.39, 0.29) is 0 Å². The quantitative estimate of drug-likeness (QED) is 0.523. The summed E-state index contributed by atoms with van der Waals surface area (Å²) in [6.07, 6.45) is 4.06. The van der Waals surface area contributed by atoms with Gasteiger partial charge in [-0.3, -0.25) is 0 Å². The van der Waals surface area contributed by atoms with Crippen LogP contribution in [0.15, 0.2) is 36.9 Å². The van der Waals surface area contributed by atoms with Crippen LogP contribution in [0.3, 0.4) is 0 Å². The molecular weight excluding hydrogens is 210 g/mol. The fourth-order valence-electron chi connectivity index (χ4n) is 1.60. The van der Waals surface area contributed by atoms with Crippen LogP contribution in [-0.2, 0) is 17.8 Å². The van der Waals surface area contributed by atoms with Gasteiger partial charge in [0.1, 0.15) is 0 Å². The molecule has 1 aromatic carbocycles. The standard InChI is InChI=1S/C15H23NO/c1-3-10-16-11-9-14-5-7-15(8-6-14)13-17-12-4-2/h4-8,16H,2-3,9-13H2,1H3. The zero-order valence-electron chi connectivity index (χ0n) is 10.7. The summed E-state index contributed by atoms with van der Waals surface area (Å²) in [6, 6.07) is 8.64. The molecule has 0 atom stereocenters. The van der Waals surface area contributed by atoms with Gasteiger partial charge in [0.05, 0.1) is 13.2 Å². The lowest BCUT2D eigenvalue weighted by Crippen LogP contribution is -2.17. The molecule has 0 unspecified atom stereocenters. The first-order valence-electron chi connectivity index (χ1n) is 6.34. The second-order valence-electron chi connectivity index (χ2n) is 4.12. The number of ether oxygens (including phenoxy) is 1. The largest absolute Gasteiger partial charge is 0.373 e. The van der Waals surface area contributed by atoms with E-state index in [0.717, 1.165) is 19.5 Å². The second kappa shape index (κ2) is 8.97. The van der Waals surface area contributed by atoms with Crippen molar-refractivity contribution in [2.45, 2.75) is 26.4 Å². The molecule has 1 rings (SSSR count). The summed E-state index contributed by atoms with van der Waals surface area (Å²) in [6.45, 7) is 9.25. The highest BCUT2D eigenvalue weighted by Gasteiger charge is 1.95. The minimum atomic E-state index is 0.614. The summed E-state index contributed by atoms with van der Waals surface area (Å²) in [5, 5.41) is 3.40. The molecule has 0 aliphatic heterocycles. The average molecular weight is 233 g/mol. The Morgan fingerprint density at radius 2 is 1.88 bits per heavy atom.